The van der Waals surface area contributed by atoms with Gasteiger partial charge in [0.2, 0.25) is 0 Å². The number of aliphatic hydroxyl groups excluding tert-OH is 1. The molecule has 0 saturated carbocycles. The molecule has 0 rings (SSSR count). The van der Waals surface area contributed by atoms with Crippen LogP contribution in [0.15, 0.2) is 0 Å². The van der Waals surface area contributed by atoms with Crippen molar-refractivity contribution in [3.8, 4) is 0 Å². The average molecular weight is 315 g/mol. The van der Waals surface area contributed by atoms with E-state index in [2.05, 4.69) is 12.2 Å². The monoisotopic (exact) mass is 315 g/mol. The van der Waals surface area contributed by atoms with Crippen molar-refractivity contribution in [2.24, 2.45) is 0 Å². The van der Waals surface area contributed by atoms with Gasteiger partial charge in [-0.15, -0.1) is 0 Å². The molecule has 0 aliphatic carbocycles. The number of aliphatic hydroxyl groups is 1. The topological polar surface area (TPSA) is 75.6 Å². The molecule has 5 heteroatoms. The zero-order chi connectivity index (χ0) is 17.0. The van der Waals surface area contributed by atoms with Crippen LogP contribution in [0.5, 0.6) is 0 Å². The van der Waals surface area contributed by atoms with Crippen molar-refractivity contribution in [2.75, 3.05) is 6.61 Å². The van der Waals surface area contributed by atoms with Gasteiger partial charge < -0.3 is 15.2 Å². The number of unbranched alkanes of at least 4 members (excludes halogenated alkanes) is 6. The van der Waals surface area contributed by atoms with Crippen LogP contribution < -0.4 is 5.32 Å². The van der Waals surface area contributed by atoms with Crippen LogP contribution >= 0.6 is 0 Å². The Hall–Kier alpha value is -1.10. The first-order valence-electron chi connectivity index (χ1n) is 8.43. The van der Waals surface area contributed by atoms with Crippen molar-refractivity contribution in [3.05, 3.63) is 0 Å². The van der Waals surface area contributed by atoms with Gasteiger partial charge >= 0.3 is 6.09 Å². The number of amides is 1. The summed E-state index contributed by atoms with van der Waals surface area (Å²) in [7, 11) is 0. The molecule has 0 aromatic heterocycles. The molecule has 0 heterocycles. The lowest BCUT2D eigenvalue weighted by Crippen LogP contribution is -2.45. The third-order valence-electron chi connectivity index (χ3n) is 3.29. The van der Waals surface area contributed by atoms with E-state index in [0.717, 1.165) is 19.3 Å². The maximum atomic E-state index is 12.0. The van der Waals surface area contributed by atoms with Crippen LogP contribution in [-0.4, -0.2) is 35.2 Å². The van der Waals surface area contributed by atoms with Crippen LogP contribution in [-0.2, 0) is 9.53 Å². The van der Waals surface area contributed by atoms with Crippen molar-refractivity contribution in [1.82, 2.24) is 5.32 Å². The highest BCUT2D eigenvalue weighted by molar-refractivity contribution is 5.87. The van der Waals surface area contributed by atoms with Gasteiger partial charge in [0.05, 0.1) is 6.61 Å². The number of ketones is 1. The van der Waals surface area contributed by atoms with Crippen molar-refractivity contribution >= 4 is 11.9 Å². The van der Waals surface area contributed by atoms with Gasteiger partial charge in [0.1, 0.15) is 11.6 Å². The summed E-state index contributed by atoms with van der Waals surface area (Å²) >= 11 is 0. The number of alkyl carbamates (subject to hydrolysis) is 1. The summed E-state index contributed by atoms with van der Waals surface area (Å²) in [5.74, 6) is -0.137. The Kier molecular flexibility index (Phi) is 10.9. The van der Waals surface area contributed by atoms with E-state index in [1.807, 2.05) is 0 Å². The lowest BCUT2D eigenvalue weighted by molar-refractivity contribution is -0.122. The molecular weight excluding hydrogens is 282 g/mol. The number of Topliss-reactive ketones (excluding diaryl/α,β-unsaturated/α-hetero) is 1. The Morgan fingerprint density at radius 3 is 2.09 bits per heavy atom. The Balaban J connectivity index is 3.93. The molecule has 22 heavy (non-hydrogen) atoms. The van der Waals surface area contributed by atoms with Gasteiger partial charge in [0.15, 0.2) is 5.78 Å². The van der Waals surface area contributed by atoms with E-state index >= 15 is 0 Å². The van der Waals surface area contributed by atoms with E-state index in [4.69, 9.17) is 4.74 Å². The predicted octanol–water partition coefficient (Wildman–Crippen LogP) is 3.58. The van der Waals surface area contributed by atoms with Gasteiger partial charge in [-0.2, -0.15) is 0 Å². The van der Waals surface area contributed by atoms with Crippen LogP contribution in [0.1, 0.15) is 79.1 Å². The summed E-state index contributed by atoms with van der Waals surface area (Å²) in [5, 5.41) is 11.7. The molecule has 1 atom stereocenters. The molecule has 5 nitrogen and oxygen atoms in total. The summed E-state index contributed by atoms with van der Waals surface area (Å²) in [5.41, 5.74) is -0.619. The molecule has 0 unspecified atom stereocenters. The Morgan fingerprint density at radius 1 is 1.05 bits per heavy atom. The lowest BCUT2D eigenvalue weighted by Gasteiger charge is -2.22. The Morgan fingerprint density at radius 2 is 1.59 bits per heavy atom. The fourth-order valence-corrected chi connectivity index (χ4v) is 2.11. The Labute approximate surface area is 134 Å². The van der Waals surface area contributed by atoms with Crippen molar-refractivity contribution in [2.45, 2.75) is 90.7 Å². The molecule has 0 radical (unpaired) electrons. The van der Waals surface area contributed by atoms with E-state index in [9.17, 15) is 14.7 Å². The van der Waals surface area contributed by atoms with E-state index in [0.29, 0.717) is 6.42 Å². The van der Waals surface area contributed by atoms with Gasteiger partial charge in [-0.25, -0.2) is 4.79 Å². The second kappa shape index (κ2) is 11.5. The normalized spacial score (nSPS) is 12.8. The van der Waals surface area contributed by atoms with Crippen molar-refractivity contribution in [1.29, 1.82) is 0 Å². The van der Waals surface area contributed by atoms with Crippen LogP contribution in [0.25, 0.3) is 0 Å². The van der Waals surface area contributed by atoms with Crippen LogP contribution in [0.4, 0.5) is 4.79 Å². The highest BCUT2D eigenvalue weighted by Crippen LogP contribution is 2.10. The molecule has 0 aliphatic heterocycles. The standard InChI is InChI=1S/C17H33NO4/c1-5-6-7-8-9-10-11-12-15(20)14(13-19)18-16(21)22-17(2,3)4/h14,19H,5-13H2,1-4H3,(H,18,21)/t14-/m0/s1. The fourth-order valence-electron chi connectivity index (χ4n) is 2.11. The summed E-state index contributed by atoms with van der Waals surface area (Å²) in [6.45, 7) is 7.04. The van der Waals surface area contributed by atoms with Crippen LogP contribution in [0.3, 0.4) is 0 Å². The zero-order valence-electron chi connectivity index (χ0n) is 14.6. The van der Waals surface area contributed by atoms with E-state index in [1.165, 1.54) is 25.7 Å². The summed E-state index contributed by atoms with van der Waals surface area (Å²) in [4.78, 5) is 23.6. The molecule has 0 saturated heterocycles. The zero-order valence-corrected chi connectivity index (χ0v) is 14.6. The summed E-state index contributed by atoms with van der Waals surface area (Å²) < 4.78 is 5.09. The summed E-state index contributed by atoms with van der Waals surface area (Å²) in [6.07, 6.45) is 7.63. The molecule has 0 aliphatic rings. The predicted molar refractivity (Wildman–Crippen MR) is 87.9 cm³/mol. The third kappa shape index (κ3) is 11.5. The van der Waals surface area contributed by atoms with Crippen molar-refractivity contribution in [3.63, 3.8) is 0 Å². The smallest absolute Gasteiger partial charge is 0.408 e. The largest absolute Gasteiger partial charge is 0.444 e. The highest BCUT2D eigenvalue weighted by atomic mass is 16.6. The van der Waals surface area contributed by atoms with Gasteiger partial charge in [0, 0.05) is 6.42 Å². The first-order chi connectivity index (χ1) is 10.3. The number of carbonyl (C=O) groups is 2. The first kappa shape index (κ1) is 20.9. The molecule has 1 amide bonds. The van der Waals surface area contributed by atoms with Gasteiger partial charge in [-0.3, -0.25) is 4.79 Å². The highest BCUT2D eigenvalue weighted by Gasteiger charge is 2.23. The number of hydrogen-bond donors (Lipinski definition) is 2. The average Bonchev–Trinajstić information content (AvgIpc) is 2.41. The SMILES string of the molecule is CCCCCCCCCC(=O)[C@H](CO)NC(=O)OC(C)(C)C. The molecule has 0 spiro atoms. The van der Waals surface area contributed by atoms with Gasteiger partial charge in [0.25, 0.3) is 0 Å². The van der Waals surface area contributed by atoms with Gasteiger partial charge in [-0.1, -0.05) is 45.4 Å². The van der Waals surface area contributed by atoms with E-state index < -0.39 is 24.3 Å². The van der Waals surface area contributed by atoms with Gasteiger partial charge in [-0.05, 0) is 27.2 Å². The minimum Gasteiger partial charge on any atom is -0.444 e. The van der Waals surface area contributed by atoms with Crippen LogP contribution in [0.2, 0.25) is 0 Å². The van der Waals surface area contributed by atoms with Crippen molar-refractivity contribution < 1.29 is 19.4 Å². The molecule has 0 fully saturated rings. The molecule has 130 valence electrons. The molecular formula is C17H33NO4. The van der Waals surface area contributed by atoms with E-state index in [-0.39, 0.29) is 5.78 Å². The minimum absolute atomic E-state index is 0.137. The first-order valence-corrected chi connectivity index (χ1v) is 8.43. The molecule has 0 bridgehead atoms. The second-order valence-electron chi connectivity index (χ2n) is 6.72. The summed E-state index contributed by atoms with van der Waals surface area (Å²) in [6, 6.07) is -0.866. The van der Waals surface area contributed by atoms with E-state index in [1.54, 1.807) is 20.8 Å². The molecule has 0 aromatic carbocycles. The molecule has 0 aromatic rings. The minimum atomic E-state index is -0.866. The lowest BCUT2D eigenvalue weighted by atomic mass is 10.0. The quantitative estimate of drug-likeness (QED) is 0.571. The third-order valence-corrected chi connectivity index (χ3v) is 3.29. The second-order valence-corrected chi connectivity index (χ2v) is 6.72. The number of ether oxygens (including phenoxy) is 1. The Bertz CT molecular complexity index is 323. The maximum absolute atomic E-state index is 12.0. The maximum Gasteiger partial charge on any atom is 0.408 e. The number of carbonyl (C=O) groups excluding carboxylic acids is 2. The molecule has 2 N–H and O–H groups in total. The number of nitrogens with one attached hydrogen (secondary N) is 1. The number of rotatable bonds is 11. The van der Waals surface area contributed by atoms with Crippen LogP contribution in [0, 0.1) is 0 Å². The number of hydrogen-bond acceptors (Lipinski definition) is 4. The fraction of sp³-hybridized carbons (Fsp3) is 0.882.